The SMILES string of the molecule is CC/C=N/N=C/C=C\CS(C)(F)F. The van der Waals surface area contributed by atoms with Crippen molar-refractivity contribution in [3.8, 4) is 0 Å². The first-order chi connectivity index (χ1) is 6.06. The van der Waals surface area contributed by atoms with Gasteiger partial charge >= 0.3 is 0 Å². The van der Waals surface area contributed by atoms with E-state index in [1.807, 2.05) is 6.92 Å². The largest absolute Gasteiger partial charge is 0.164 e. The lowest BCUT2D eigenvalue weighted by Crippen LogP contribution is -1.84. The van der Waals surface area contributed by atoms with Crippen LogP contribution < -0.4 is 0 Å². The van der Waals surface area contributed by atoms with Gasteiger partial charge in [-0.3, -0.25) is 0 Å². The van der Waals surface area contributed by atoms with E-state index < -0.39 is 10.8 Å². The van der Waals surface area contributed by atoms with Crippen LogP contribution in [0.1, 0.15) is 13.3 Å². The monoisotopic (exact) mass is 208 g/mol. The third-order valence-corrected chi connectivity index (χ3v) is 1.79. The lowest BCUT2D eigenvalue weighted by molar-refractivity contribution is 0.759. The minimum Gasteiger partial charge on any atom is -0.164 e. The van der Waals surface area contributed by atoms with Crippen LogP contribution in [0.3, 0.4) is 0 Å². The van der Waals surface area contributed by atoms with Crippen molar-refractivity contribution in [3.05, 3.63) is 12.2 Å². The molecule has 2 nitrogen and oxygen atoms in total. The molecule has 0 rings (SSSR count). The number of halogens is 2. The Kier molecular flexibility index (Phi) is 6.40. The summed E-state index contributed by atoms with van der Waals surface area (Å²) in [5, 5.41) is 7.24. The van der Waals surface area contributed by atoms with E-state index in [1.54, 1.807) is 6.21 Å². The van der Waals surface area contributed by atoms with Gasteiger partial charge in [-0.2, -0.15) is 18.0 Å². The van der Waals surface area contributed by atoms with Gasteiger partial charge in [0.05, 0.1) is 10.8 Å². The molecular formula is C8H14F2N2S. The van der Waals surface area contributed by atoms with Gasteiger partial charge in [0, 0.05) is 24.4 Å². The summed E-state index contributed by atoms with van der Waals surface area (Å²) in [5.41, 5.74) is 0. The lowest BCUT2D eigenvalue weighted by Gasteiger charge is -2.09. The van der Waals surface area contributed by atoms with Crippen LogP contribution in [0.2, 0.25) is 0 Å². The first-order valence-corrected chi connectivity index (χ1v) is 5.92. The van der Waals surface area contributed by atoms with Crippen molar-refractivity contribution in [2.24, 2.45) is 10.2 Å². The molecule has 0 saturated carbocycles. The zero-order valence-electron chi connectivity index (χ0n) is 7.78. The molecule has 0 aromatic heterocycles. The maximum absolute atomic E-state index is 12.3. The third-order valence-electron chi connectivity index (χ3n) is 1.01. The van der Waals surface area contributed by atoms with E-state index in [1.165, 1.54) is 18.4 Å². The Morgan fingerprint density at radius 2 is 2.00 bits per heavy atom. The van der Waals surface area contributed by atoms with Crippen LogP contribution in [0, 0.1) is 0 Å². The molecule has 0 aliphatic rings. The van der Waals surface area contributed by atoms with Gasteiger partial charge in [-0.1, -0.05) is 13.0 Å². The molecule has 0 N–H and O–H groups in total. The van der Waals surface area contributed by atoms with E-state index in [0.717, 1.165) is 12.7 Å². The smallest absolute Gasteiger partial charge is 0.0580 e. The Balaban J connectivity index is 3.63. The van der Waals surface area contributed by atoms with Gasteiger partial charge in [-0.05, 0) is 12.5 Å². The maximum Gasteiger partial charge on any atom is 0.0580 e. The highest BCUT2D eigenvalue weighted by Gasteiger charge is 2.10. The van der Waals surface area contributed by atoms with Crippen LogP contribution in [0.4, 0.5) is 7.77 Å². The summed E-state index contributed by atoms with van der Waals surface area (Å²) < 4.78 is 24.6. The van der Waals surface area contributed by atoms with Gasteiger partial charge < -0.3 is 0 Å². The van der Waals surface area contributed by atoms with Crippen molar-refractivity contribution in [2.75, 3.05) is 12.0 Å². The molecular weight excluding hydrogens is 194 g/mol. The minimum atomic E-state index is -3.41. The Labute approximate surface area is 79.3 Å². The number of rotatable bonds is 5. The molecule has 0 aromatic carbocycles. The Bertz CT molecular complexity index is 207. The summed E-state index contributed by atoms with van der Waals surface area (Å²) in [7, 11) is -3.41. The standard InChI is InChI=1S/C8H14F2N2S/c1-3-6-11-12-7-4-5-8-13(2,9)10/h4-7H,3,8H2,1-2H3/b5-4-,11-6+,12-7+. The molecule has 0 bridgehead atoms. The molecule has 0 amide bonds. The van der Waals surface area contributed by atoms with Gasteiger partial charge in [0.2, 0.25) is 0 Å². The third kappa shape index (κ3) is 11.3. The first-order valence-electron chi connectivity index (χ1n) is 3.91. The molecule has 0 atom stereocenters. The topological polar surface area (TPSA) is 24.7 Å². The van der Waals surface area contributed by atoms with Crippen LogP contribution in [0.25, 0.3) is 0 Å². The van der Waals surface area contributed by atoms with Crippen molar-refractivity contribution >= 4 is 23.2 Å². The zero-order chi connectivity index (χ0) is 10.2. The lowest BCUT2D eigenvalue weighted by atomic mass is 10.5. The predicted octanol–water partition coefficient (Wildman–Crippen LogP) is 3.21. The number of nitrogens with zero attached hydrogens (tertiary/aromatic N) is 2. The Morgan fingerprint density at radius 3 is 2.54 bits per heavy atom. The molecule has 0 aliphatic heterocycles. The minimum absolute atomic E-state index is 0.184. The van der Waals surface area contributed by atoms with Crippen LogP contribution in [0.15, 0.2) is 22.4 Å². The number of allylic oxidation sites excluding steroid dienone is 1. The molecule has 0 fully saturated rings. The van der Waals surface area contributed by atoms with Crippen molar-refractivity contribution in [2.45, 2.75) is 13.3 Å². The van der Waals surface area contributed by atoms with Gasteiger partial charge in [-0.15, -0.1) is 0 Å². The molecule has 13 heavy (non-hydrogen) atoms. The van der Waals surface area contributed by atoms with E-state index in [0.29, 0.717) is 0 Å². The molecule has 0 heterocycles. The summed E-state index contributed by atoms with van der Waals surface area (Å²) in [6.45, 7) is 1.94. The van der Waals surface area contributed by atoms with Crippen LogP contribution in [-0.2, 0) is 0 Å². The highest BCUT2D eigenvalue weighted by atomic mass is 32.3. The van der Waals surface area contributed by atoms with Gasteiger partial charge in [-0.25, -0.2) is 0 Å². The number of hydrogen-bond donors (Lipinski definition) is 0. The van der Waals surface area contributed by atoms with E-state index >= 15 is 0 Å². The highest BCUT2D eigenvalue weighted by molar-refractivity contribution is 8.24. The van der Waals surface area contributed by atoms with Crippen molar-refractivity contribution < 1.29 is 7.77 Å². The summed E-state index contributed by atoms with van der Waals surface area (Å²) in [6, 6.07) is 0. The number of hydrogen-bond acceptors (Lipinski definition) is 2. The van der Waals surface area contributed by atoms with Gasteiger partial charge in [0.15, 0.2) is 0 Å². The fourth-order valence-corrected chi connectivity index (χ4v) is 0.940. The summed E-state index contributed by atoms with van der Waals surface area (Å²) in [4.78, 5) is 0. The summed E-state index contributed by atoms with van der Waals surface area (Å²) in [5.74, 6) is -0.184. The van der Waals surface area contributed by atoms with E-state index in [9.17, 15) is 7.77 Å². The average Bonchev–Trinajstić information content (AvgIpc) is 2.01. The fraction of sp³-hybridized carbons (Fsp3) is 0.500. The van der Waals surface area contributed by atoms with Crippen LogP contribution in [-0.4, -0.2) is 24.4 Å². The fourth-order valence-electron chi connectivity index (χ4n) is 0.491. The summed E-state index contributed by atoms with van der Waals surface area (Å²) >= 11 is 0. The van der Waals surface area contributed by atoms with Gasteiger partial charge in [0.25, 0.3) is 0 Å². The molecule has 0 unspecified atom stereocenters. The van der Waals surface area contributed by atoms with Crippen molar-refractivity contribution in [1.82, 2.24) is 0 Å². The van der Waals surface area contributed by atoms with Crippen molar-refractivity contribution in [3.63, 3.8) is 0 Å². The zero-order valence-corrected chi connectivity index (χ0v) is 8.60. The molecule has 76 valence electrons. The van der Waals surface area contributed by atoms with Crippen LogP contribution >= 0.6 is 10.8 Å². The van der Waals surface area contributed by atoms with E-state index in [-0.39, 0.29) is 5.75 Å². The quantitative estimate of drug-likeness (QED) is 0.489. The normalized spacial score (nSPS) is 15.1. The molecule has 0 aromatic rings. The first kappa shape index (κ1) is 12.3. The molecule has 0 aliphatic carbocycles. The molecule has 5 heteroatoms. The van der Waals surface area contributed by atoms with E-state index in [4.69, 9.17) is 0 Å². The second-order valence-electron chi connectivity index (χ2n) is 2.44. The highest BCUT2D eigenvalue weighted by Crippen LogP contribution is 2.46. The van der Waals surface area contributed by atoms with E-state index in [2.05, 4.69) is 10.2 Å². The Hall–Kier alpha value is -0.710. The van der Waals surface area contributed by atoms with Crippen molar-refractivity contribution in [1.29, 1.82) is 0 Å². The van der Waals surface area contributed by atoms with Crippen LogP contribution in [0.5, 0.6) is 0 Å². The van der Waals surface area contributed by atoms with Gasteiger partial charge in [0.1, 0.15) is 0 Å². The second kappa shape index (κ2) is 6.77. The summed E-state index contributed by atoms with van der Waals surface area (Å²) in [6.07, 6.45) is 7.71. The maximum atomic E-state index is 12.3. The average molecular weight is 208 g/mol. The molecule has 0 radical (unpaired) electrons. The molecule has 0 spiro atoms. The Morgan fingerprint density at radius 1 is 1.31 bits per heavy atom. The molecule has 0 saturated heterocycles. The second-order valence-corrected chi connectivity index (χ2v) is 4.52. The predicted molar refractivity (Wildman–Crippen MR) is 57.0 cm³/mol.